The zero-order valence-corrected chi connectivity index (χ0v) is 13.6. The van der Waals surface area contributed by atoms with E-state index in [4.69, 9.17) is 0 Å². The second-order valence-corrected chi connectivity index (χ2v) is 5.52. The highest BCUT2D eigenvalue weighted by Gasteiger charge is 2.36. The number of alkyl halides is 3. The van der Waals surface area contributed by atoms with Gasteiger partial charge in [0.05, 0.1) is 16.6 Å². The lowest BCUT2D eigenvalue weighted by molar-refractivity contribution is -0.138. The van der Waals surface area contributed by atoms with Gasteiger partial charge in [0.15, 0.2) is 0 Å². The average molecular weight is 348 g/mol. The Balaban J connectivity index is 2.01. The number of aromatic nitrogens is 3. The van der Waals surface area contributed by atoms with Gasteiger partial charge < -0.3 is 4.57 Å². The molecule has 0 saturated heterocycles. The lowest BCUT2D eigenvalue weighted by Crippen LogP contribution is -2.22. The number of imidazole rings is 1. The van der Waals surface area contributed by atoms with E-state index in [9.17, 15) is 18.0 Å². The Hall–Kier alpha value is -2.90. The SMILES string of the molecule is CCn1c(NC(=O)c2ncccc2C(F)(F)F)nc2cc(C)ccc21. The fraction of sp³-hybridized carbons (Fsp3) is 0.235. The van der Waals surface area contributed by atoms with Crippen LogP contribution in [0.4, 0.5) is 19.1 Å². The Kier molecular flexibility index (Phi) is 4.20. The van der Waals surface area contributed by atoms with Crippen LogP contribution in [0.15, 0.2) is 36.5 Å². The second-order valence-electron chi connectivity index (χ2n) is 5.52. The van der Waals surface area contributed by atoms with E-state index < -0.39 is 23.3 Å². The topological polar surface area (TPSA) is 59.8 Å². The van der Waals surface area contributed by atoms with E-state index in [0.717, 1.165) is 29.4 Å². The van der Waals surface area contributed by atoms with Gasteiger partial charge in [-0.05, 0) is 43.7 Å². The molecule has 0 aliphatic rings. The van der Waals surface area contributed by atoms with E-state index in [2.05, 4.69) is 15.3 Å². The molecule has 0 atom stereocenters. The molecular weight excluding hydrogens is 333 g/mol. The standard InChI is InChI=1S/C17H15F3N4O/c1-3-24-13-7-6-10(2)9-12(13)22-16(24)23-15(25)14-11(17(18,19)20)5-4-8-21-14/h4-9H,3H2,1-2H3,(H,22,23,25). The summed E-state index contributed by atoms with van der Waals surface area (Å²) in [6.45, 7) is 4.27. The predicted octanol–water partition coefficient (Wildman–Crippen LogP) is 4.03. The first-order valence-corrected chi connectivity index (χ1v) is 7.61. The van der Waals surface area contributed by atoms with Crippen LogP contribution in [-0.2, 0) is 12.7 Å². The van der Waals surface area contributed by atoms with Crippen LogP contribution in [0, 0.1) is 6.92 Å². The zero-order valence-electron chi connectivity index (χ0n) is 13.6. The molecule has 3 aromatic rings. The van der Waals surface area contributed by atoms with E-state index in [1.54, 1.807) is 4.57 Å². The Labute approximate surface area is 141 Å². The van der Waals surface area contributed by atoms with Crippen LogP contribution in [0.3, 0.4) is 0 Å². The Bertz CT molecular complexity index is 947. The van der Waals surface area contributed by atoms with Gasteiger partial charge in [0.1, 0.15) is 5.69 Å². The molecule has 8 heteroatoms. The number of anilines is 1. The van der Waals surface area contributed by atoms with Crippen molar-refractivity contribution in [2.24, 2.45) is 0 Å². The number of carbonyl (C=O) groups excluding carboxylic acids is 1. The van der Waals surface area contributed by atoms with Gasteiger partial charge >= 0.3 is 6.18 Å². The molecule has 2 heterocycles. The molecule has 0 aliphatic heterocycles. The normalized spacial score (nSPS) is 11.7. The maximum Gasteiger partial charge on any atom is 0.418 e. The average Bonchev–Trinajstić information content (AvgIpc) is 2.89. The maximum atomic E-state index is 13.1. The molecule has 2 aromatic heterocycles. The molecule has 0 radical (unpaired) electrons. The number of hydrogen-bond donors (Lipinski definition) is 1. The molecule has 0 fully saturated rings. The van der Waals surface area contributed by atoms with Gasteiger partial charge in [-0.3, -0.25) is 15.1 Å². The fourth-order valence-corrected chi connectivity index (χ4v) is 2.63. The number of pyridine rings is 1. The molecule has 0 bridgehead atoms. The van der Waals surface area contributed by atoms with Gasteiger partial charge in [0.25, 0.3) is 5.91 Å². The fourth-order valence-electron chi connectivity index (χ4n) is 2.63. The van der Waals surface area contributed by atoms with E-state index in [1.165, 1.54) is 0 Å². The monoisotopic (exact) mass is 348 g/mol. The number of aryl methyl sites for hydroxylation is 2. The first-order chi connectivity index (χ1) is 11.8. The number of amides is 1. The van der Waals surface area contributed by atoms with E-state index in [0.29, 0.717) is 12.1 Å². The summed E-state index contributed by atoms with van der Waals surface area (Å²) in [6.07, 6.45) is -3.51. The Morgan fingerprint density at radius 3 is 2.72 bits per heavy atom. The van der Waals surface area contributed by atoms with Crippen LogP contribution in [0.5, 0.6) is 0 Å². The second kappa shape index (κ2) is 6.19. The molecule has 1 amide bonds. The summed E-state index contributed by atoms with van der Waals surface area (Å²) >= 11 is 0. The van der Waals surface area contributed by atoms with Crippen LogP contribution in [0.25, 0.3) is 11.0 Å². The molecule has 3 rings (SSSR count). The van der Waals surface area contributed by atoms with Gasteiger partial charge in [0.2, 0.25) is 5.95 Å². The minimum atomic E-state index is -4.66. The molecule has 0 unspecified atom stereocenters. The van der Waals surface area contributed by atoms with Gasteiger partial charge in [0, 0.05) is 12.7 Å². The third kappa shape index (κ3) is 3.19. The maximum absolute atomic E-state index is 13.1. The molecule has 1 N–H and O–H groups in total. The van der Waals surface area contributed by atoms with Crippen molar-refractivity contribution in [3.63, 3.8) is 0 Å². The summed E-state index contributed by atoms with van der Waals surface area (Å²) < 4.78 is 40.9. The molecular formula is C17H15F3N4O. The summed E-state index contributed by atoms with van der Waals surface area (Å²) in [7, 11) is 0. The van der Waals surface area contributed by atoms with Gasteiger partial charge in [-0.25, -0.2) is 4.98 Å². The van der Waals surface area contributed by atoms with Crippen molar-refractivity contribution < 1.29 is 18.0 Å². The molecule has 0 aliphatic carbocycles. The number of hydrogen-bond acceptors (Lipinski definition) is 3. The number of halogens is 3. The van der Waals surface area contributed by atoms with Crippen molar-refractivity contribution in [1.82, 2.24) is 14.5 Å². The highest BCUT2D eigenvalue weighted by molar-refractivity contribution is 6.03. The summed E-state index contributed by atoms with van der Waals surface area (Å²) in [5, 5.41) is 2.45. The van der Waals surface area contributed by atoms with E-state index in [-0.39, 0.29) is 5.95 Å². The van der Waals surface area contributed by atoms with Gasteiger partial charge in [-0.15, -0.1) is 0 Å². The molecule has 130 valence electrons. The van der Waals surface area contributed by atoms with Crippen molar-refractivity contribution in [2.75, 3.05) is 5.32 Å². The number of benzene rings is 1. The van der Waals surface area contributed by atoms with Crippen molar-refractivity contribution in [3.05, 3.63) is 53.3 Å². The van der Waals surface area contributed by atoms with E-state index in [1.807, 2.05) is 32.0 Å². The number of nitrogens with zero attached hydrogens (tertiary/aromatic N) is 3. The minimum absolute atomic E-state index is 0.187. The van der Waals surface area contributed by atoms with Crippen LogP contribution in [0.1, 0.15) is 28.5 Å². The molecule has 0 saturated carbocycles. The third-order valence-electron chi connectivity index (χ3n) is 3.77. The largest absolute Gasteiger partial charge is 0.418 e. The first-order valence-electron chi connectivity index (χ1n) is 7.61. The van der Waals surface area contributed by atoms with Crippen molar-refractivity contribution >= 4 is 22.9 Å². The van der Waals surface area contributed by atoms with Crippen molar-refractivity contribution in [3.8, 4) is 0 Å². The van der Waals surface area contributed by atoms with Crippen LogP contribution >= 0.6 is 0 Å². The van der Waals surface area contributed by atoms with Crippen molar-refractivity contribution in [2.45, 2.75) is 26.6 Å². The molecule has 5 nitrogen and oxygen atoms in total. The quantitative estimate of drug-likeness (QED) is 0.777. The highest BCUT2D eigenvalue weighted by Crippen LogP contribution is 2.31. The first kappa shape index (κ1) is 16.9. The Morgan fingerprint density at radius 1 is 1.28 bits per heavy atom. The molecule has 0 spiro atoms. The minimum Gasteiger partial charge on any atom is -0.310 e. The predicted molar refractivity (Wildman–Crippen MR) is 87.3 cm³/mol. The van der Waals surface area contributed by atoms with Gasteiger partial charge in [-0.1, -0.05) is 6.07 Å². The smallest absolute Gasteiger partial charge is 0.310 e. The number of carbonyl (C=O) groups is 1. The molecule has 25 heavy (non-hydrogen) atoms. The summed E-state index contributed by atoms with van der Waals surface area (Å²) in [6, 6.07) is 7.58. The van der Waals surface area contributed by atoms with Crippen molar-refractivity contribution in [1.29, 1.82) is 0 Å². The third-order valence-corrected chi connectivity index (χ3v) is 3.77. The summed E-state index contributed by atoms with van der Waals surface area (Å²) in [5.74, 6) is -0.762. The van der Waals surface area contributed by atoms with E-state index >= 15 is 0 Å². The zero-order chi connectivity index (χ0) is 18.2. The Morgan fingerprint density at radius 2 is 2.04 bits per heavy atom. The summed E-state index contributed by atoms with van der Waals surface area (Å²) in [5.41, 5.74) is 0.688. The summed E-state index contributed by atoms with van der Waals surface area (Å²) in [4.78, 5) is 20.3. The molecule has 1 aromatic carbocycles. The number of nitrogens with one attached hydrogen (secondary N) is 1. The lowest BCUT2D eigenvalue weighted by atomic mass is 10.2. The highest BCUT2D eigenvalue weighted by atomic mass is 19.4. The van der Waals surface area contributed by atoms with Gasteiger partial charge in [-0.2, -0.15) is 13.2 Å². The lowest BCUT2D eigenvalue weighted by Gasteiger charge is -2.12. The van der Waals surface area contributed by atoms with Crippen LogP contribution in [0.2, 0.25) is 0 Å². The number of rotatable bonds is 3. The number of fused-ring (bicyclic) bond motifs is 1. The van der Waals surface area contributed by atoms with Crippen LogP contribution in [-0.4, -0.2) is 20.4 Å². The van der Waals surface area contributed by atoms with Crippen LogP contribution < -0.4 is 5.32 Å².